The number of urea groups is 1. The molecule has 0 bridgehead atoms. The Labute approximate surface area is 151 Å². The molecule has 0 unspecified atom stereocenters. The number of amides is 2. The van der Waals surface area contributed by atoms with Crippen LogP contribution in [-0.4, -0.2) is 43.9 Å². The molecule has 2 N–H and O–H groups in total. The van der Waals surface area contributed by atoms with E-state index in [1.54, 1.807) is 28.6 Å². The van der Waals surface area contributed by atoms with Gasteiger partial charge < -0.3 is 10.6 Å². The number of carbonyl (C=O) groups is 1. The molecular formula is C18H29N3O3S. The van der Waals surface area contributed by atoms with Crippen LogP contribution in [0.5, 0.6) is 0 Å². The average Bonchev–Trinajstić information content (AvgIpc) is 2.54. The van der Waals surface area contributed by atoms with Gasteiger partial charge in [-0.2, -0.15) is 4.31 Å². The second-order valence-electron chi connectivity index (χ2n) is 7.58. The number of nitrogens with one attached hydrogen (secondary N) is 2. The molecule has 7 heteroatoms. The molecule has 1 heterocycles. The zero-order valence-corrected chi connectivity index (χ0v) is 16.1. The predicted octanol–water partition coefficient (Wildman–Crippen LogP) is 2.58. The van der Waals surface area contributed by atoms with Crippen LogP contribution in [0, 0.1) is 5.92 Å². The SMILES string of the molecule is CC(C)(C)NC(=O)NCCC1CCN(S(=O)(=O)c2ccccc2)CC1. The van der Waals surface area contributed by atoms with Gasteiger partial charge >= 0.3 is 6.03 Å². The van der Waals surface area contributed by atoms with E-state index in [0.717, 1.165) is 19.3 Å². The summed E-state index contributed by atoms with van der Waals surface area (Å²) in [6, 6.07) is 8.42. The van der Waals surface area contributed by atoms with Crippen LogP contribution in [-0.2, 0) is 10.0 Å². The van der Waals surface area contributed by atoms with Crippen molar-refractivity contribution < 1.29 is 13.2 Å². The lowest BCUT2D eigenvalue weighted by atomic mass is 9.95. The molecular weight excluding hydrogens is 338 g/mol. The predicted molar refractivity (Wildman–Crippen MR) is 98.8 cm³/mol. The normalized spacial score (nSPS) is 17.2. The van der Waals surface area contributed by atoms with E-state index < -0.39 is 10.0 Å². The first-order chi connectivity index (χ1) is 11.7. The molecule has 0 spiro atoms. The fourth-order valence-electron chi connectivity index (χ4n) is 2.95. The Bertz CT molecular complexity index is 661. The first-order valence-corrected chi connectivity index (χ1v) is 10.2. The number of benzene rings is 1. The highest BCUT2D eigenvalue weighted by Gasteiger charge is 2.29. The number of hydrogen-bond donors (Lipinski definition) is 2. The van der Waals surface area contributed by atoms with Crippen LogP contribution in [0.1, 0.15) is 40.0 Å². The first-order valence-electron chi connectivity index (χ1n) is 8.80. The number of carbonyl (C=O) groups excluding carboxylic acids is 1. The molecule has 0 saturated carbocycles. The van der Waals surface area contributed by atoms with E-state index in [9.17, 15) is 13.2 Å². The lowest BCUT2D eigenvalue weighted by Gasteiger charge is -2.31. The Balaban J connectivity index is 1.76. The Morgan fingerprint density at radius 3 is 2.32 bits per heavy atom. The van der Waals surface area contributed by atoms with Crippen LogP contribution in [0.2, 0.25) is 0 Å². The fraction of sp³-hybridized carbons (Fsp3) is 0.611. The van der Waals surface area contributed by atoms with Gasteiger partial charge in [-0.15, -0.1) is 0 Å². The molecule has 2 rings (SSSR count). The van der Waals surface area contributed by atoms with E-state index in [2.05, 4.69) is 10.6 Å². The molecule has 0 radical (unpaired) electrons. The van der Waals surface area contributed by atoms with Gasteiger partial charge in [0.1, 0.15) is 0 Å². The minimum Gasteiger partial charge on any atom is -0.338 e. The molecule has 25 heavy (non-hydrogen) atoms. The summed E-state index contributed by atoms with van der Waals surface area (Å²) in [5, 5.41) is 5.74. The Morgan fingerprint density at radius 2 is 1.76 bits per heavy atom. The molecule has 0 aliphatic carbocycles. The third-order valence-corrected chi connectivity index (χ3v) is 6.19. The maximum absolute atomic E-state index is 12.6. The third-order valence-electron chi connectivity index (χ3n) is 4.28. The molecule has 1 saturated heterocycles. The van der Waals surface area contributed by atoms with Gasteiger partial charge in [0.25, 0.3) is 0 Å². The van der Waals surface area contributed by atoms with Crippen molar-refractivity contribution in [2.75, 3.05) is 19.6 Å². The molecule has 1 aliphatic heterocycles. The van der Waals surface area contributed by atoms with Crippen molar-refractivity contribution in [1.82, 2.24) is 14.9 Å². The van der Waals surface area contributed by atoms with Gasteiger partial charge in [0.05, 0.1) is 4.90 Å². The van der Waals surface area contributed by atoms with Crippen molar-refractivity contribution in [2.45, 2.75) is 50.5 Å². The molecule has 140 valence electrons. The summed E-state index contributed by atoms with van der Waals surface area (Å²) in [7, 11) is -3.39. The second kappa shape index (κ2) is 8.19. The van der Waals surface area contributed by atoms with E-state index in [4.69, 9.17) is 0 Å². The van der Waals surface area contributed by atoms with E-state index in [-0.39, 0.29) is 11.6 Å². The lowest BCUT2D eigenvalue weighted by molar-refractivity contribution is 0.228. The summed E-state index contributed by atoms with van der Waals surface area (Å²) >= 11 is 0. The molecule has 0 aromatic heterocycles. The highest BCUT2D eigenvalue weighted by molar-refractivity contribution is 7.89. The van der Waals surface area contributed by atoms with Crippen LogP contribution in [0.4, 0.5) is 4.79 Å². The fourth-order valence-corrected chi connectivity index (χ4v) is 4.45. The maximum atomic E-state index is 12.6. The maximum Gasteiger partial charge on any atom is 0.315 e. The smallest absolute Gasteiger partial charge is 0.315 e. The lowest BCUT2D eigenvalue weighted by Crippen LogP contribution is -2.47. The van der Waals surface area contributed by atoms with Crippen LogP contribution in [0.3, 0.4) is 0 Å². The highest BCUT2D eigenvalue weighted by atomic mass is 32.2. The Morgan fingerprint density at radius 1 is 1.16 bits per heavy atom. The van der Waals surface area contributed by atoms with Crippen molar-refractivity contribution >= 4 is 16.1 Å². The second-order valence-corrected chi connectivity index (χ2v) is 9.52. The quantitative estimate of drug-likeness (QED) is 0.839. The largest absolute Gasteiger partial charge is 0.338 e. The van der Waals surface area contributed by atoms with Crippen LogP contribution in [0.25, 0.3) is 0 Å². The van der Waals surface area contributed by atoms with Crippen LogP contribution in [0.15, 0.2) is 35.2 Å². The number of piperidine rings is 1. The van der Waals surface area contributed by atoms with E-state index in [1.165, 1.54) is 0 Å². The molecule has 0 atom stereocenters. The van der Waals surface area contributed by atoms with E-state index >= 15 is 0 Å². The van der Waals surface area contributed by atoms with Crippen molar-refractivity contribution in [1.29, 1.82) is 0 Å². The molecule has 1 aliphatic rings. The summed E-state index contributed by atoms with van der Waals surface area (Å²) in [5.74, 6) is 0.442. The molecule has 6 nitrogen and oxygen atoms in total. The van der Waals surface area contributed by atoms with Crippen molar-refractivity contribution in [3.63, 3.8) is 0 Å². The van der Waals surface area contributed by atoms with Crippen LogP contribution >= 0.6 is 0 Å². The standard InChI is InChI=1S/C18H29N3O3S/c1-18(2,3)20-17(22)19-12-9-15-10-13-21(14-11-15)25(23,24)16-7-5-4-6-8-16/h4-8,15H,9-14H2,1-3H3,(H2,19,20,22). The third kappa shape index (κ3) is 6.01. The van der Waals surface area contributed by atoms with Crippen molar-refractivity contribution in [2.24, 2.45) is 5.92 Å². The summed E-state index contributed by atoms with van der Waals surface area (Å²) < 4.78 is 26.7. The number of rotatable bonds is 5. The Hall–Kier alpha value is -1.60. The zero-order chi connectivity index (χ0) is 18.5. The Kier molecular flexibility index (Phi) is 6.46. The van der Waals surface area contributed by atoms with Crippen molar-refractivity contribution in [3.05, 3.63) is 30.3 Å². The van der Waals surface area contributed by atoms with Gasteiger partial charge in [0, 0.05) is 25.2 Å². The van der Waals surface area contributed by atoms with E-state index in [1.807, 2.05) is 26.8 Å². The average molecular weight is 368 g/mol. The monoisotopic (exact) mass is 367 g/mol. The van der Waals surface area contributed by atoms with Crippen LogP contribution < -0.4 is 10.6 Å². The first kappa shape index (κ1) is 19.7. The van der Waals surface area contributed by atoms with Gasteiger partial charge in [-0.25, -0.2) is 13.2 Å². The summed E-state index contributed by atoms with van der Waals surface area (Å²) in [5.41, 5.74) is -0.249. The molecule has 1 fully saturated rings. The minimum absolute atomic E-state index is 0.156. The van der Waals surface area contributed by atoms with Gasteiger partial charge in [-0.05, 0) is 58.1 Å². The summed E-state index contributed by atoms with van der Waals surface area (Å²) in [6.07, 6.45) is 2.53. The number of sulfonamides is 1. The minimum atomic E-state index is -3.39. The number of nitrogens with zero attached hydrogens (tertiary/aromatic N) is 1. The van der Waals surface area contributed by atoms with Gasteiger partial charge in [-0.1, -0.05) is 18.2 Å². The van der Waals surface area contributed by atoms with E-state index in [0.29, 0.717) is 30.4 Å². The topological polar surface area (TPSA) is 78.5 Å². The number of hydrogen-bond acceptors (Lipinski definition) is 3. The van der Waals surface area contributed by atoms with Crippen molar-refractivity contribution in [3.8, 4) is 0 Å². The van der Waals surface area contributed by atoms with Gasteiger partial charge in [0.2, 0.25) is 10.0 Å². The van der Waals surface area contributed by atoms with Gasteiger partial charge in [0.15, 0.2) is 0 Å². The van der Waals surface area contributed by atoms with Gasteiger partial charge in [-0.3, -0.25) is 0 Å². The zero-order valence-electron chi connectivity index (χ0n) is 15.3. The summed E-state index contributed by atoms with van der Waals surface area (Å²) in [6.45, 7) is 7.50. The molecule has 1 aromatic rings. The summed E-state index contributed by atoms with van der Waals surface area (Å²) in [4.78, 5) is 12.1. The highest BCUT2D eigenvalue weighted by Crippen LogP contribution is 2.25. The molecule has 2 amide bonds. The molecule has 1 aromatic carbocycles.